The van der Waals surface area contributed by atoms with E-state index in [0.29, 0.717) is 0 Å². The van der Waals surface area contributed by atoms with Gasteiger partial charge < -0.3 is 9.38 Å². The molecule has 2 heteroatoms. The molecule has 2 unspecified atom stereocenters. The van der Waals surface area contributed by atoms with Crippen LogP contribution in [0.2, 0.25) is 0 Å². The van der Waals surface area contributed by atoms with Gasteiger partial charge in [-0.15, -0.1) is 0 Å². The van der Waals surface area contributed by atoms with Gasteiger partial charge >= 0.3 is 0 Å². The number of nitrogens with zero attached hydrogens (tertiary/aromatic N) is 1. The van der Waals surface area contributed by atoms with Gasteiger partial charge in [-0.05, 0) is 85.1 Å². The second-order valence-electron chi connectivity index (χ2n) is 11.8. The number of fused-ring (bicyclic) bond motifs is 5. The molecule has 0 saturated heterocycles. The van der Waals surface area contributed by atoms with Crippen LogP contribution in [0.4, 0.5) is 0 Å². The second kappa shape index (κ2) is 7.49. The molecule has 2 nitrogen and oxygen atoms in total. The molecular formula is C34H32N2. The smallest absolute Gasteiger partial charge is 0.0619 e. The van der Waals surface area contributed by atoms with Crippen molar-refractivity contribution in [1.82, 2.24) is 9.38 Å². The third-order valence-corrected chi connectivity index (χ3v) is 9.10. The molecule has 0 spiro atoms. The van der Waals surface area contributed by atoms with E-state index in [1.54, 1.807) is 0 Å². The lowest BCUT2D eigenvalue weighted by Gasteiger charge is -2.31. The summed E-state index contributed by atoms with van der Waals surface area (Å²) in [5, 5.41) is 8.15. The molecule has 3 aromatic heterocycles. The van der Waals surface area contributed by atoms with Crippen LogP contribution in [0.3, 0.4) is 0 Å². The Bertz CT molecular complexity index is 1910. The van der Waals surface area contributed by atoms with Crippen LogP contribution in [0.15, 0.2) is 72.8 Å². The van der Waals surface area contributed by atoms with Crippen molar-refractivity contribution >= 4 is 59.9 Å². The number of rotatable bonds is 3. The summed E-state index contributed by atoms with van der Waals surface area (Å²) in [7, 11) is 0. The van der Waals surface area contributed by atoms with Gasteiger partial charge in [0.05, 0.1) is 16.6 Å². The Morgan fingerprint density at radius 1 is 0.694 bits per heavy atom. The molecule has 1 N–H and O–H groups in total. The third-order valence-electron chi connectivity index (χ3n) is 9.10. The molecule has 1 saturated carbocycles. The highest BCUT2D eigenvalue weighted by molar-refractivity contribution is 6.30. The van der Waals surface area contributed by atoms with E-state index < -0.39 is 0 Å². The Morgan fingerprint density at radius 2 is 1.42 bits per heavy atom. The Kier molecular flexibility index (Phi) is 4.30. The number of H-pyrrole nitrogens is 1. The van der Waals surface area contributed by atoms with Gasteiger partial charge in [0, 0.05) is 38.0 Å². The largest absolute Gasteiger partial charge is 0.354 e. The first-order valence-corrected chi connectivity index (χ1v) is 13.8. The van der Waals surface area contributed by atoms with Crippen molar-refractivity contribution in [3.05, 3.63) is 78.4 Å². The van der Waals surface area contributed by atoms with Crippen molar-refractivity contribution in [1.29, 1.82) is 0 Å². The Hall–Kier alpha value is -3.52. The molecule has 0 radical (unpaired) electrons. The summed E-state index contributed by atoms with van der Waals surface area (Å²) in [6.07, 6.45) is 6.66. The van der Waals surface area contributed by atoms with E-state index in [0.717, 1.165) is 24.2 Å². The summed E-state index contributed by atoms with van der Waals surface area (Å²) in [4.78, 5) is 3.81. The van der Waals surface area contributed by atoms with Crippen molar-refractivity contribution in [2.45, 2.75) is 46.0 Å². The van der Waals surface area contributed by atoms with E-state index in [2.05, 4.69) is 96.0 Å². The van der Waals surface area contributed by atoms with E-state index in [1.165, 1.54) is 91.1 Å². The van der Waals surface area contributed by atoms with E-state index in [9.17, 15) is 0 Å². The maximum atomic E-state index is 3.81. The van der Waals surface area contributed by atoms with Crippen molar-refractivity contribution in [3.8, 4) is 0 Å². The molecule has 36 heavy (non-hydrogen) atoms. The zero-order valence-electron chi connectivity index (χ0n) is 21.1. The summed E-state index contributed by atoms with van der Waals surface area (Å²) < 4.78 is 2.51. The van der Waals surface area contributed by atoms with Crippen molar-refractivity contribution < 1.29 is 0 Å². The number of para-hydroxylation sites is 2. The number of aromatic amines is 1. The fourth-order valence-corrected chi connectivity index (χ4v) is 7.87. The molecular weight excluding hydrogens is 436 g/mol. The topological polar surface area (TPSA) is 20.2 Å². The molecule has 1 fully saturated rings. The zero-order chi connectivity index (χ0) is 24.0. The van der Waals surface area contributed by atoms with Gasteiger partial charge in [-0.1, -0.05) is 62.4 Å². The Balaban J connectivity index is 1.43. The van der Waals surface area contributed by atoms with E-state index in [1.807, 2.05) is 0 Å². The quantitative estimate of drug-likeness (QED) is 0.266. The first-order chi connectivity index (χ1) is 17.7. The standard InChI is InChI=1S/C34H32N2/c1-20-15-21(2)17-22(16-20)13-14-23-18-27-26-9-5-8-25-24-7-3-4-11-30(24)36(34(25)26)31-12-6-10-28-33(31)32(27)29(19-23)35-28/h3-12,18-22,35H,13-17H2,1-2H3. The van der Waals surface area contributed by atoms with Gasteiger partial charge in [-0.2, -0.15) is 0 Å². The minimum absolute atomic E-state index is 0.860. The molecule has 4 aromatic carbocycles. The number of nitrogens with one attached hydrogen (secondary N) is 1. The van der Waals surface area contributed by atoms with Gasteiger partial charge in [-0.25, -0.2) is 0 Å². The van der Waals surface area contributed by atoms with Crippen LogP contribution >= 0.6 is 0 Å². The monoisotopic (exact) mass is 468 g/mol. The number of hydrogen-bond donors (Lipinski definition) is 1. The second-order valence-corrected chi connectivity index (χ2v) is 11.8. The number of hydrogen-bond acceptors (Lipinski definition) is 0. The van der Waals surface area contributed by atoms with Gasteiger partial charge in [-0.3, -0.25) is 0 Å². The third kappa shape index (κ3) is 2.85. The maximum Gasteiger partial charge on any atom is 0.0619 e. The molecule has 8 rings (SSSR count). The lowest BCUT2D eigenvalue weighted by molar-refractivity contribution is 0.210. The van der Waals surface area contributed by atoms with Crippen LogP contribution < -0.4 is 0 Å². The van der Waals surface area contributed by atoms with Crippen LogP contribution in [-0.4, -0.2) is 9.38 Å². The summed E-state index contributed by atoms with van der Waals surface area (Å²) in [6.45, 7) is 4.90. The molecule has 1 aliphatic rings. The Labute approximate surface area is 211 Å². The highest BCUT2D eigenvalue weighted by Crippen LogP contribution is 2.43. The number of aromatic nitrogens is 2. The average molecular weight is 469 g/mol. The van der Waals surface area contributed by atoms with E-state index >= 15 is 0 Å². The molecule has 3 heterocycles. The highest BCUT2D eigenvalue weighted by atomic mass is 14.9. The normalized spacial score (nSPS) is 21.2. The van der Waals surface area contributed by atoms with Crippen LogP contribution in [0.25, 0.3) is 59.9 Å². The lowest BCUT2D eigenvalue weighted by Crippen LogP contribution is -2.19. The maximum absolute atomic E-state index is 3.81. The molecule has 178 valence electrons. The minimum Gasteiger partial charge on any atom is -0.354 e. The van der Waals surface area contributed by atoms with Crippen molar-refractivity contribution in [3.63, 3.8) is 0 Å². The first-order valence-electron chi connectivity index (χ1n) is 13.8. The predicted octanol–water partition coefficient (Wildman–Crippen LogP) is 9.48. The predicted molar refractivity (Wildman–Crippen MR) is 154 cm³/mol. The SMILES string of the molecule is CC1CC(C)CC(CCc2cc3[nH]c4cccc5c4c3c(c2)c2cccc3c4ccccc4n5c23)C1. The average Bonchev–Trinajstić information content (AvgIpc) is 3.38. The van der Waals surface area contributed by atoms with Crippen LogP contribution in [0.5, 0.6) is 0 Å². The Morgan fingerprint density at radius 3 is 2.28 bits per heavy atom. The summed E-state index contributed by atoms with van der Waals surface area (Å²) in [5.74, 6) is 2.61. The first kappa shape index (κ1) is 20.7. The number of benzene rings is 4. The number of aryl methyl sites for hydroxylation is 1. The van der Waals surface area contributed by atoms with Crippen LogP contribution in [0.1, 0.15) is 45.1 Å². The highest BCUT2D eigenvalue weighted by Gasteiger charge is 2.24. The fraction of sp³-hybridized carbons (Fsp3) is 0.294. The molecule has 2 atom stereocenters. The summed E-state index contributed by atoms with van der Waals surface area (Å²) in [6, 6.07) is 27.5. The van der Waals surface area contributed by atoms with Gasteiger partial charge in [0.2, 0.25) is 0 Å². The minimum atomic E-state index is 0.860. The molecule has 0 aliphatic heterocycles. The van der Waals surface area contributed by atoms with Crippen molar-refractivity contribution in [2.75, 3.05) is 0 Å². The zero-order valence-corrected chi connectivity index (χ0v) is 21.1. The van der Waals surface area contributed by atoms with Gasteiger partial charge in [0.15, 0.2) is 0 Å². The lowest BCUT2D eigenvalue weighted by atomic mass is 9.75. The summed E-state index contributed by atoms with van der Waals surface area (Å²) >= 11 is 0. The summed E-state index contributed by atoms with van der Waals surface area (Å²) in [5.41, 5.74) is 7.90. The molecule has 7 aromatic rings. The van der Waals surface area contributed by atoms with Gasteiger partial charge in [0.1, 0.15) is 0 Å². The fourth-order valence-electron chi connectivity index (χ4n) is 7.87. The molecule has 1 aliphatic carbocycles. The van der Waals surface area contributed by atoms with Crippen LogP contribution in [-0.2, 0) is 6.42 Å². The van der Waals surface area contributed by atoms with Gasteiger partial charge in [0.25, 0.3) is 0 Å². The molecule has 0 amide bonds. The van der Waals surface area contributed by atoms with E-state index in [4.69, 9.17) is 0 Å². The van der Waals surface area contributed by atoms with E-state index in [-0.39, 0.29) is 0 Å². The van der Waals surface area contributed by atoms with Crippen molar-refractivity contribution in [2.24, 2.45) is 17.8 Å². The van der Waals surface area contributed by atoms with Crippen LogP contribution in [0, 0.1) is 17.8 Å². The molecule has 0 bridgehead atoms.